The van der Waals surface area contributed by atoms with E-state index in [0.29, 0.717) is 22.3 Å². The van der Waals surface area contributed by atoms with Crippen LogP contribution in [0.1, 0.15) is 16.9 Å². The summed E-state index contributed by atoms with van der Waals surface area (Å²) in [6.07, 6.45) is -1.21. The van der Waals surface area contributed by atoms with E-state index in [-0.39, 0.29) is 5.43 Å². The number of fused-ring (bicyclic) bond motifs is 1. The Morgan fingerprint density at radius 1 is 0.913 bits per heavy atom. The largest absolute Gasteiger partial charge is 0.456 e. The molecule has 0 N–H and O–H groups in total. The zero-order valence-electron chi connectivity index (χ0n) is 11.8. The van der Waals surface area contributed by atoms with E-state index in [0.717, 1.165) is 12.1 Å². The fraction of sp³-hybridized carbons (Fsp3) is 0.0556. The van der Waals surface area contributed by atoms with Crippen molar-refractivity contribution in [3.05, 3.63) is 81.7 Å². The minimum atomic E-state index is -4.35. The molecule has 0 spiro atoms. The molecule has 2 nitrogen and oxygen atoms in total. The summed E-state index contributed by atoms with van der Waals surface area (Å²) in [5.41, 5.74) is 0.173. The molecule has 23 heavy (non-hydrogen) atoms. The number of benzene rings is 2. The fourth-order valence-corrected chi connectivity index (χ4v) is 2.17. The molecule has 1 heterocycles. The van der Waals surface area contributed by atoms with Gasteiger partial charge in [0.15, 0.2) is 5.43 Å². The Morgan fingerprint density at radius 2 is 1.61 bits per heavy atom. The maximum absolute atomic E-state index is 12.5. The number of para-hydroxylation sites is 1. The van der Waals surface area contributed by atoms with Crippen LogP contribution in [0, 0.1) is 0 Å². The molecule has 3 aromatic rings. The van der Waals surface area contributed by atoms with Crippen molar-refractivity contribution in [3.63, 3.8) is 0 Å². The van der Waals surface area contributed by atoms with Crippen LogP contribution in [-0.4, -0.2) is 0 Å². The van der Waals surface area contributed by atoms with Crippen LogP contribution in [0.3, 0.4) is 0 Å². The average molecular weight is 316 g/mol. The molecule has 0 saturated heterocycles. The van der Waals surface area contributed by atoms with E-state index in [9.17, 15) is 18.0 Å². The van der Waals surface area contributed by atoms with Gasteiger partial charge in [0.05, 0.1) is 10.9 Å². The van der Waals surface area contributed by atoms with Crippen LogP contribution in [0.15, 0.2) is 63.8 Å². The topological polar surface area (TPSA) is 30.2 Å². The Bertz CT molecular complexity index is 919. The summed E-state index contributed by atoms with van der Waals surface area (Å²) in [4.78, 5) is 11.9. The molecule has 3 rings (SSSR count). The van der Waals surface area contributed by atoms with Crippen molar-refractivity contribution in [1.29, 1.82) is 0 Å². The van der Waals surface area contributed by atoms with Gasteiger partial charge in [0.1, 0.15) is 11.3 Å². The van der Waals surface area contributed by atoms with Crippen molar-refractivity contribution in [1.82, 2.24) is 0 Å². The van der Waals surface area contributed by atoms with Gasteiger partial charge in [0.2, 0.25) is 0 Å². The molecule has 0 saturated carbocycles. The lowest BCUT2D eigenvalue weighted by Crippen LogP contribution is -2.03. The second-order valence-electron chi connectivity index (χ2n) is 4.96. The zero-order valence-corrected chi connectivity index (χ0v) is 11.8. The molecule has 0 fully saturated rings. The third-order valence-electron chi connectivity index (χ3n) is 3.33. The van der Waals surface area contributed by atoms with E-state index < -0.39 is 11.7 Å². The minimum Gasteiger partial charge on any atom is -0.456 e. The quantitative estimate of drug-likeness (QED) is 0.667. The lowest BCUT2D eigenvalue weighted by Gasteiger charge is -2.05. The maximum Gasteiger partial charge on any atom is 0.416 e. The predicted octanol–water partition coefficient (Wildman–Crippen LogP) is 4.98. The van der Waals surface area contributed by atoms with Crippen LogP contribution in [0.5, 0.6) is 0 Å². The summed E-state index contributed by atoms with van der Waals surface area (Å²) in [6, 6.07) is 13.0. The van der Waals surface area contributed by atoms with Crippen molar-refractivity contribution < 1.29 is 17.6 Å². The standard InChI is InChI=1S/C18H11F3O2/c19-18(20,21)13-8-5-12(6-9-13)7-10-14-11-16(22)15-3-1-2-4-17(15)23-14/h1-11H/b10-7+. The van der Waals surface area contributed by atoms with Gasteiger partial charge in [-0.15, -0.1) is 0 Å². The molecular formula is C18H11F3O2. The molecule has 0 aliphatic carbocycles. The third-order valence-corrected chi connectivity index (χ3v) is 3.33. The summed E-state index contributed by atoms with van der Waals surface area (Å²) in [5.74, 6) is 0.341. The maximum atomic E-state index is 12.5. The van der Waals surface area contributed by atoms with E-state index >= 15 is 0 Å². The summed E-state index contributed by atoms with van der Waals surface area (Å²) in [6.45, 7) is 0. The van der Waals surface area contributed by atoms with Gasteiger partial charge in [-0.3, -0.25) is 4.79 Å². The predicted molar refractivity (Wildman–Crippen MR) is 82.9 cm³/mol. The summed E-state index contributed by atoms with van der Waals surface area (Å²) < 4.78 is 43.1. The van der Waals surface area contributed by atoms with Crippen molar-refractivity contribution >= 4 is 23.1 Å². The fourth-order valence-electron chi connectivity index (χ4n) is 2.17. The average Bonchev–Trinajstić information content (AvgIpc) is 2.52. The van der Waals surface area contributed by atoms with Gasteiger partial charge in [-0.05, 0) is 35.9 Å². The number of hydrogen-bond acceptors (Lipinski definition) is 2. The first-order valence-corrected chi connectivity index (χ1v) is 6.82. The molecule has 0 bridgehead atoms. The van der Waals surface area contributed by atoms with E-state index in [2.05, 4.69) is 0 Å². The van der Waals surface area contributed by atoms with Crippen LogP contribution in [-0.2, 0) is 6.18 Å². The molecule has 0 aliphatic heterocycles. The number of halogens is 3. The van der Waals surface area contributed by atoms with Crippen molar-refractivity contribution in [2.75, 3.05) is 0 Å². The molecule has 0 unspecified atom stereocenters. The second kappa shape index (κ2) is 5.76. The Kier molecular flexibility index (Phi) is 3.78. The molecule has 5 heteroatoms. The van der Waals surface area contributed by atoms with Crippen molar-refractivity contribution in [2.45, 2.75) is 6.18 Å². The number of rotatable bonds is 2. The Labute approximate surface area is 129 Å². The molecule has 1 aromatic heterocycles. The van der Waals surface area contributed by atoms with Gasteiger partial charge in [0, 0.05) is 6.07 Å². The smallest absolute Gasteiger partial charge is 0.416 e. The summed E-state index contributed by atoms with van der Waals surface area (Å²) in [5, 5.41) is 0.485. The summed E-state index contributed by atoms with van der Waals surface area (Å²) in [7, 11) is 0. The van der Waals surface area contributed by atoms with Gasteiger partial charge in [0.25, 0.3) is 0 Å². The van der Waals surface area contributed by atoms with E-state index in [1.807, 2.05) is 0 Å². The van der Waals surface area contributed by atoms with Gasteiger partial charge in [-0.25, -0.2) is 0 Å². The molecule has 116 valence electrons. The first kappa shape index (κ1) is 15.1. The van der Waals surface area contributed by atoms with Crippen molar-refractivity contribution in [2.24, 2.45) is 0 Å². The molecule has 0 atom stereocenters. The first-order valence-electron chi connectivity index (χ1n) is 6.82. The van der Waals surface area contributed by atoms with Crippen LogP contribution < -0.4 is 5.43 Å². The van der Waals surface area contributed by atoms with Crippen LogP contribution in [0.2, 0.25) is 0 Å². The summed E-state index contributed by atoms with van der Waals surface area (Å²) >= 11 is 0. The van der Waals surface area contributed by atoms with Gasteiger partial charge in [-0.1, -0.05) is 30.3 Å². The lowest BCUT2D eigenvalue weighted by atomic mass is 10.1. The minimum absolute atomic E-state index is 0.168. The number of hydrogen-bond donors (Lipinski definition) is 0. The Balaban J connectivity index is 1.89. The van der Waals surface area contributed by atoms with Crippen LogP contribution >= 0.6 is 0 Å². The third kappa shape index (κ3) is 3.34. The normalized spacial score (nSPS) is 12.1. The van der Waals surface area contributed by atoms with Gasteiger partial charge in [-0.2, -0.15) is 13.2 Å². The Morgan fingerprint density at radius 3 is 2.30 bits per heavy atom. The van der Waals surface area contributed by atoms with E-state index in [4.69, 9.17) is 4.42 Å². The lowest BCUT2D eigenvalue weighted by molar-refractivity contribution is -0.137. The molecule has 0 aliphatic rings. The van der Waals surface area contributed by atoms with E-state index in [1.54, 1.807) is 36.4 Å². The molecular weight excluding hydrogens is 305 g/mol. The first-order chi connectivity index (χ1) is 10.9. The molecule has 0 radical (unpaired) electrons. The zero-order chi connectivity index (χ0) is 16.4. The van der Waals surface area contributed by atoms with Crippen molar-refractivity contribution in [3.8, 4) is 0 Å². The van der Waals surface area contributed by atoms with Crippen LogP contribution in [0.4, 0.5) is 13.2 Å². The Hall–Kier alpha value is -2.82. The highest BCUT2D eigenvalue weighted by Gasteiger charge is 2.29. The van der Waals surface area contributed by atoms with E-state index in [1.165, 1.54) is 18.2 Å². The highest BCUT2D eigenvalue weighted by molar-refractivity contribution is 5.78. The SMILES string of the molecule is O=c1cc(/C=C/c2ccc(C(F)(F)F)cc2)oc2ccccc12. The van der Waals surface area contributed by atoms with Crippen LogP contribution in [0.25, 0.3) is 23.1 Å². The highest BCUT2D eigenvalue weighted by atomic mass is 19.4. The second-order valence-corrected chi connectivity index (χ2v) is 4.96. The van der Waals surface area contributed by atoms with Gasteiger partial charge >= 0.3 is 6.18 Å². The highest BCUT2D eigenvalue weighted by Crippen LogP contribution is 2.29. The molecule has 2 aromatic carbocycles. The molecule has 0 amide bonds. The van der Waals surface area contributed by atoms with Gasteiger partial charge < -0.3 is 4.42 Å². The number of alkyl halides is 3. The monoisotopic (exact) mass is 316 g/mol.